The van der Waals surface area contributed by atoms with Gasteiger partial charge in [0.15, 0.2) is 0 Å². The van der Waals surface area contributed by atoms with Gasteiger partial charge >= 0.3 is 25.7 Å². The molecule has 0 saturated carbocycles. The van der Waals surface area contributed by atoms with Gasteiger partial charge in [0.2, 0.25) is 0 Å². The smallest absolute Gasteiger partial charge is 0.463 e. The average molecular weight is 483 g/mol. The Kier molecular flexibility index (Phi) is 16.3. The predicted octanol–water partition coefficient (Wildman–Crippen LogP) is 4.34. The molecule has 188 valence electrons. The van der Waals surface area contributed by atoms with Crippen molar-refractivity contribution in [2.24, 2.45) is 0 Å². The lowest BCUT2D eigenvalue weighted by molar-refractivity contribution is -0.151. The van der Waals surface area contributed by atoms with E-state index >= 15 is 0 Å². The molecule has 3 unspecified atom stereocenters. The molecule has 32 heavy (non-hydrogen) atoms. The molecule has 0 aromatic heterocycles. The van der Waals surface area contributed by atoms with Crippen LogP contribution in [-0.4, -0.2) is 56.0 Å². The number of esters is 3. The number of hydrogen-bond donors (Lipinski definition) is 0. The zero-order valence-electron chi connectivity index (χ0n) is 20.1. The first-order valence-electron chi connectivity index (χ1n) is 11.3. The Bertz CT molecular complexity index is 575. The van der Waals surface area contributed by atoms with Crippen LogP contribution in [0, 0.1) is 0 Å². The van der Waals surface area contributed by atoms with Gasteiger partial charge in [0.25, 0.3) is 0 Å². The van der Waals surface area contributed by atoms with Gasteiger partial charge in [-0.2, -0.15) is 0 Å². The predicted molar refractivity (Wildman–Crippen MR) is 117 cm³/mol. The molecule has 11 heteroatoms. The Morgan fingerprint density at radius 2 is 1.03 bits per heavy atom. The summed E-state index contributed by atoms with van der Waals surface area (Å²) in [7, 11) is -4.17. The van der Waals surface area contributed by atoms with Crippen LogP contribution in [-0.2, 0) is 46.7 Å². The van der Waals surface area contributed by atoms with E-state index in [1.807, 2.05) is 0 Å². The number of phosphoric ester groups is 1. The maximum Gasteiger partial charge on any atom is 0.475 e. The zero-order chi connectivity index (χ0) is 24.6. The van der Waals surface area contributed by atoms with E-state index in [1.54, 1.807) is 41.5 Å². The molecule has 10 nitrogen and oxygen atoms in total. The molecule has 0 radical (unpaired) electrons. The van der Waals surface area contributed by atoms with Gasteiger partial charge in [0.1, 0.15) is 24.9 Å². The third kappa shape index (κ3) is 13.2. The molecule has 0 amide bonds. The highest BCUT2D eigenvalue weighted by atomic mass is 31.2. The summed E-state index contributed by atoms with van der Waals surface area (Å²) in [5.41, 5.74) is 0. The minimum Gasteiger partial charge on any atom is -0.463 e. The van der Waals surface area contributed by atoms with Crippen LogP contribution in [0.15, 0.2) is 0 Å². The van der Waals surface area contributed by atoms with E-state index in [-0.39, 0.29) is 39.1 Å². The van der Waals surface area contributed by atoms with E-state index in [0.29, 0.717) is 19.3 Å². The summed E-state index contributed by atoms with van der Waals surface area (Å²) in [4.78, 5) is 34.6. The molecule has 0 aliphatic heterocycles. The van der Waals surface area contributed by atoms with Gasteiger partial charge in [0, 0.05) is 19.3 Å². The van der Waals surface area contributed by atoms with Crippen molar-refractivity contribution in [3.63, 3.8) is 0 Å². The Morgan fingerprint density at radius 3 is 1.38 bits per heavy atom. The molecule has 3 atom stereocenters. The molecule has 0 aromatic rings. The molecule has 0 aromatic carbocycles. The van der Waals surface area contributed by atoms with E-state index in [0.717, 1.165) is 0 Å². The molecule has 0 heterocycles. The first kappa shape index (κ1) is 30.5. The van der Waals surface area contributed by atoms with Crippen molar-refractivity contribution in [3.05, 3.63) is 0 Å². The van der Waals surface area contributed by atoms with E-state index in [4.69, 9.17) is 27.8 Å². The summed E-state index contributed by atoms with van der Waals surface area (Å²) in [6.07, 6.45) is -0.188. The number of carbonyl (C=O) groups excluding carboxylic acids is 3. The number of hydrogen-bond acceptors (Lipinski definition) is 10. The van der Waals surface area contributed by atoms with Gasteiger partial charge in [-0.3, -0.25) is 28.0 Å². The van der Waals surface area contributed by atoms with Crippen molar-refractivity contribution >= 4 is 25.7 Å². The summed E-state index contributed by atoms with van der Waals surface area (Å²) in [6.45, 7) is 9.80. The third-order valence-corrected chi connectivity index (χ3v) is 5.86. The summed E-state index contributed by atoms with van der Waals surface area (Å²) in [5, 5.41) is 0. The highest BCUT2D eigenvalue weighted by Crippen LogP contribution is 2.51. The Labute approximate surface area is 191 Å². The number of carbonyl (C=O) groups is 3. The lowest BCUT2D eigenvalue weighted by Gasteiger charge is -2.26. The van der Waals surface area contributed by atoms with Gasteiger partial charge in [-0.1, -0.05) is 41.5 Å². The van der Waals surface area contributed by atoms with E-state index in [9.17, 15) is 18.9 Å². The van der Waals surface area contributed by atoms with Gasteiger partial charge in [-0.15, -0.1) is 0 Å². The highest BCUT2D eigenvalue weighted by molar-refractivity contribution is 7.48. The van der Waals surface area contributed by atoms with Crippen molar-refractivity contribution in [2.75, 3.05) is 19.8 Å². The zero-order valence-corrected chi connectivity index (χ0v) is 21.0. The lowest BCUT2D eigenvalue weighted by Crippen LogP contribution is -2.27. The summed E-state index contributed by atoms with van der Waals surface area (Å²) in [5.74, 6) is -1.24. The topological polar surface area (TPSA) is 124 Å². The van der Waals surface area contributed by atoms with Crippen LogP contribution >= 0.6 is 7.82 Å². The van der Waals surface area contributed by atoms with Crippen LogP contribution in [0.4, 0.5) is 0 Å². The van der Waals surface area contributed by atoms with Crippen LogP contribution in [0.2, 0.25) is 0 Å². The van der Waals surface area contributed by atoms with Crippen molar-refractivity contribution in [1.29, 1.82) is 0 Å². The molecule has 0 aliphatic rings. The van der Waals surface area contributed by atoms with E-state index in [2.05, 4.69) is 0 Å². The Morgan fingerprint density at radius 1 is 0.625 bits per heavy atom. The maximum absolute atomic E-state index is 13.4. The minimum absolute atomic E-state index is 0.121. The molecular formula is C21H39O10P. The van der Waals surface area contributed by atoms with Gasteiger partial charge in [0.05, 0.1) is 13.2 Å². The fourth-order valence-electron chi connectivity index (χ4n) is 2.15. The average Bonchev–Trinajstić information content (AvgIpc) is 2.81. The Balaban J connectivity index is 5.30. The fraction of sp³-hybridized carbons (Fsp3) is 0.857. The molecule has 0 bridgehead atoms. The summed E-state index contributed by atoms with van der Waals surface area (Å²) in [6, 6.07) is 0. The number of rotatable bonds is 18. The largest absolute Gasteiger partial charge is 0.475 e. The van der Waals surface area contributed by atoms with Crippen LogP contribution in [0.1, 0.15) is 80.1 Å². The van der Waals surface area contributed by atoms with Gasteiger partial charge in [-0.25, -0.2) is 4.57 Å². The van der Waals surface area contributed by atoms with Crippen molar-refractivity contribution in [3.8, 4) is 0 Å². The van der Waals surface area contributed by atoms with E-state index in [1.165, 1.54) is 0 Å². The fourth-order valence-corrected chi connectivity index (χ4v) is 3.62. The summed E-state index contributed by atoms with van der Waals surface area (Å²) >= 11 is 0. The first-order chi connectivity index (χ1) is 15.2. The lowest BCUT2D eigenvalue weighted by atomic mass is 10.3. The van der Waals surface area contributed by atoms with E-state index < -0.39 is 44.0 Å². The number of ether oxygens (including phenoxy) is 3. The summed E-state index contributed by atoms with van der Waals surface area (Å²) < 4.78 is 45.5. The van der Waals surface area contributed by atoms with Gasteiger partial charge in [-0.05, 0) is 19.3 Å². The molecule has 0 fully saturated rings. The second kappa shape index (κ2) is 17.1. The molecule has 0 saturated heterocycles. The Hall–Kier alpha value is -1.48. The maximum atomic E-state index is 13.4. The van der Waals surface area contributed by atoms with Gasteiger partial charge < -0.3 is 14.2 Å². The minimum atomic E-state index is -4.17. The normalized spacial score (nSPS) is 15.8. The highest BCUT2D eigenvalue weighted by Gasteiger charge is 2.34. The monoisotopic (exact) mass is 482 g/mol. The molecular weight excluding hydrogens is 443 g/mol. The molecule has 0 spiro atoms. The second-order valence-corrected chi connectivity index (χ2v) is 8.58. The third-order valence-electron chi connectivity index (χ3n) is 4.37. The van der Waals surface area contributed by atoms with Crippen molar-refractivity contribution < 1.29 is 46.7 Å². The second-order valence-electron chi connectivity index (χ2n) is 6.96. The quantitative estimate of drug-likeness (QED) is 0.158. The molecule has 0 aliphatic carbocycles. The van der Waals surface area contributed by atoms with Crippen LogP contribution in [0.5, 0.6) is 0 Å². The standard InChI is InChI=1S/C21H39O10P/c1-7-16(29-20(23)11-5)14-27-32(25,28-15-17(8-2)30-21(24)12-6)31-18(9-3)13-26-19(22)10-4/h16-18H,7-15H2,1-6H3. The SMILES string of the molecule is CCC(=O)OCC(CC)OP(=O)(OCC(CC)OC(=O)CC)OCC(CC)OC(=O)CC. The van der Waals surface area contributed by atoms with Crippen LogP contribution in [0.25, 0.3) is 0 Å². The number of phosphoric acid groups is 1. The first-order valence-corrected chi connectivity index (χ1v) is 12.7. The van der Waals surface area contributed by atoms with Crippen LogP contribution < -0.4 is 0 Å². The van der Waals surface area contributed by atoms with Crippen molar-refractivity contribution in [2.45, 2.75) is 98.4 Å². The molecule has 0 N–H and O–H groups in total. The molecule has 0 rings (SSSR count). The van der Waals surface area contributed by atoms with Crippen molar-refractivity contribution in [1.82, 2.24) is 0 Å². The van der Waals surface area contributed by atoms with Crippen LogP contribution in [0.3, 0.4) is 0 Å².